The van der Waals surface area contributed by atoms with Crippen molar-refractivity contribution in [3.05, 3.63) is 47.9 Å². The number of benzene rings is 1. The van der Waals surface area contributed by atoms with Gasteiger partial charge in [0, 0.05) is 12.1 Å². The van der Waals surface area contributed by atoms with Crippen molar-refractivity contribution < 1.29 is 23.8 Å². The summed E-state index contributed by atoms with van der Waals surface area (Å²) in [6.07, 6.45) is 4.09. The topological polar surface area (TPSA) is 72.1 Å². The summed E-state index contributed by atoms with van der Waals surface area (Å²) in [6.45, 7) is 0.683. The Morgan fingerprint density at radius 1 is 1.24 bits per heavy atom. The maximum Gasteiger partial charge on any atom is 0.320 e. The van der Waals surface area contributed by atoms with Crippen LogP contribution in [0.25, 0.3) is 0 Å². The van der Waals surface area contributed by atoms with Gasteiger partial charge >= 0.3 is 5.97 Å². The fourth-order valence-electron chi connectivity index (χ4n) is 3.60. The van der Waals surface area contributed by atoms with Crippen LogP contribution in [0.4, 0.5) is 0 Å². The van der Waals surface area contributed by atoms with Gasteiger partial charge in [0.2, 0.25) is 0 Å². The summed E-state index contributed by atoms with van der Waals surface area (Å²) < 4.78 is 16.7. The van der Waals surface area contributed by atoms with Crippen LogP contribution in [-0.4, -0.2) is 42.8 Å². The van der Waals surface area contributed by atoms with Gasteiger partial charge in [-0.3, -0.25) is 9.69 Å². The lowest BCUT2D eigenvalue weighted by molar-refractivity contribution is -0.145. The van der Waals surface area contributed by atoms with Crippen molar-refractivity contribution in [3.8, 4) is 11.5 Å². The number of nitrogens with zero attached hydrogens (tertiary/aromatic N) is 1. The highest BCUT2D eigenvalue weighted by atomic mass is 16.5. The first kappa shape index (κ1) is 17.4. The highest BCUT2D eigenvalue weighted by Crippen LogP contribution is 2.42. The smallest absolute Gasteiger partial charge is 0.320 e. The van der Waals surface area contributed by atoms with Crippen LogP contribution < -0.4 is 9.47 Å². The largest absolute Gasteiger partial charge is 0.493 e. The summed E-state index contributed by atoms with van der Waals surface area (Å²) in [4.78, 5) is 13.8. The molecule has 134 valence electrons. The molecule has 3 rings (SSSR count). The van der Waals surface area contributed by atoms with Gasteiger partial charge in [0.05, 0.1) is 26.5 Å². The Morgan fingerprint density at radius 3 is 2.72 bits per heavy atom. The van der Waals surface area contributed by atoms with Crippen molar-refractivity contribution in [2.24, 2.45) is 0 Å². The Balaban J connectivity index is 2.12. The van der Waals surface area contributed by atoms with Gasteiger partial charge in [0.15, 0.2) is 11.5 Å². The van der Waals surface area contributed by atoms with Gasteiger partial charge in [-0.25, -0.2) is 0 Å². The third-order valence-corrected chi connectivity index (χ3v) is 4.70. The number of para-hydroxylation sites is 1. The number of likely N-dealkylation sites (tertiary alicyclic amines) is 1. The molecule has 0 radical (unpaired) electrons. The second-order valence-corrected chi connectivity index (χ2v) is 6.09. The Bertz CT molecular complexity index is 713. The van der Waals surface area contributed by atoms with Gasteiger partial charge in [0.25, 0.3) is 0 Å². The lowest BCUT2D eigenvalue weighted by Crippen LogP contribution is -2.46. The molecule has 2 aromatic rings. The second kappa shape index (κ2) is 7.61. The Kier molecular flexibility index (Phi) is 5.28. The molecule has 0 amide bonds. The molecule has 1 saturated heterocycles. The summed E-state index contributed by atoms with van der Waals surface area (Å²) in [7, 11) is 3.18. The van der Waals surface area contributed by atoms with Crippen LogP contribution in [0.3, 0.4) is 0 Å². The van der Waals surface area contributed by atoms with E-state index in [0.29, 0.717) is 30.2 Å². The quantitative estimate of drug-likeness (QED) is 0.866. The van der Waals surface area contributed by atoms with E-state index in [9.17, 15) is 9.90 Å². The number of carboxylic acids is 1. The van der Waals surface area contributed by atoms with Crippen LogP contribution in [0.15, 0.2) is 41.0 Å². The molecule has 6 heteroatoms. The first-order valence-corrected chi connectivity index (χ1v) is 8.40. The molecule has 1 fully saturated rings. The van der Waals surface area contributed by atoms with Gasteiger partial charge in [-0.15, -0.1) is 0 Å². The third kappa shape index (κ3) is 3.35. The Hall–Kier alpha value is -2.47. The van der Waals surface area contributed by atoms with E-state index in [2.05, 4.69) is 0 Å². The molecular weight excluding hydrogens is 322 g/mol. The minimum absolute atomic E-state index is 0.346. The Morgan fingerprint density at radius 2 is 2.08 bits per heavy atom. The van der Waals surface area contributed by atoms with E-state index < -0.39 is 12.0 Å². The molecule has 0 aliphatic carbocycles. The van der Waals surface area contributed by atoms with Gasteiger partial charge < -0.3 is 19.0 Å². The van der Waals surface area contributed by atoms with Crippen LogP contribution in [0.2, 0.25) is 0 Å². The maximum absolute atomic E-state index is 11.8. The number of hydrogen-bond donors (Lipinski definition) is 1. The summed E-state index contributed by atoms with van der Waals surface area (Å²) in [5, 5.41) is 9.70. The lowest BCUT2D eigenvalue weighted by atomic mass is 9.94. The van der Waals surface area contributed by atoms with Crippen LogP contribution in [0.5, 0.6) is 11.5 Å². The molecule has 1 aromatic heterocycles. The van der Waals surface area contributed by atoms with E-state index in [-0.39, 0.29) is 6.04 Å². The molecule has 6 nitrogen and oxygen atoms in total. The minimum atomic E-state index is -0.807. The fourth-order valence-corrected chi connectivity index (χ4v) is 3.60. The predicted molar refractivity (Wildman–Crippen MR) is 92.1 cm³/mol. The highest BCUT2D eigenvalue weighted by molar-refractivity contribution is 5.73. The van der Waals surface area contributed by atoms with E-state index >= 15 is 0 Å². The average molecular weight is 345 g/mol. The van der Waals surface area contributed by atoms with Gasteiger partial charge in [-0.05, 0) is 31.0 Å². The van der Waals surface area contributed by atoms with E-state index in [1.165, 1.54) is 0 Å². The van der Waals surface area contributed by atoms with Gasteiger partial charge in [0.1, 0.15) is 11.8 Å². The van der Waals surface area contributed by atoms with Crippen molar-refractivity contribution in [1.29, 1.82) is 0 Å². The van der Waals surface area contributed by atoms with Crippen LogP contribution >= 0.6 is 0 Å². The average Bonchev–Trinajstić information content (AvgIpc) is 3.16. The zero-order valence-electron chi connectivity index (χ0n) is 14.5. The number of hydrogen-bond acceptors (Lipinski definition) is 5. The normalized spacial score (nSPS) is 19.4. The summed E-state index contributed by atoms with van der Waals surface area (Å²) >= 11 is 0. The number of piperidine rings is 1. The molecule has 0 spiro atoms. The number of aliphatic carboxylic acids is 1. The molecule has 1 aromatic carbocycles. The van der Waals surface area contributed by atoms with Crippen molar-refractivity contribution in [2.75, 3.05) is 20.8 Å². The molecule has 2 atom stereocenters. The SMILES string of the molecule is COc1cccc(C(c2ccco2)N2CCCCC2C(=O)O)c1OC. The van der Waals surface area contributed by atoms with Crippen molar-refractivity contribution >= 4 is 5.97 Å². The molecule has 25 heavy (non-hydrogen) atoms. The van der Waals surface area contributed by atoms with E-state index in [4.69, 9.17) is 13.9 Å². The number of methoxy groups -OCH3 is 2. The molecule has 1 aliphatic rings. The predicted octanol–water partition coefficient (Wildman–Crippen LogP) is 3.33. The van der Waals surface area contributed by atoms with Crippen molar-refractivity contribution in [1.82, 2.24) is 4.90 Å². The maximum atomic E-state index is 11.8. The Labute approximate surface area is 147 Å². The summed E-state index contributed by atoms with van der Waals surface area (Å²) in [5.74, 6) is 1.10. The molecule has 0 bridgehead atoms. The van der Waals surface area contributed by atoms with E-state index in [0.717, 1.165) is 18.4 Å². The van der Waals surface area contributed by atoms with Crippen LogP contribution in [-0.2, 0) is 4.79 Å². The first-order chi connectivity index (χ1) is 12.2. The zero-order chi connectivity index (χ0) is 17.8. The second-order valence-electron chi connectivity index (χ2n) is 6.09. The number of carbonyl (C=O) groups is 1. The lowest BCUT2D eigenvalue weighted by Gasteiger charge is -2.38. The van der Waals surface area contributed by atoms with Crippen molar-refractivity contribution in [2.45, 2.75) is 31.3 Å². The molecule has 1 aliphatic heterocycles. The molecular formula is C19H23NO5. The molecule has 0 saturated carbocycles. The van der Waals surface area contributed by atoms with Gasteiger partial charge in [-0.1, -0.05) is 18.6 Å². The number of carboxylic acid groups (broad SMARTS) is 1. The first-order valence-electron chi connectivity index (χ1n) is 8.40. The standard InChI is InChI=1S/C19H23NO5/c1-23-16-9-5-7-13(18(16)24-2)17(15-10-6-12-25-15)20-11-4-3-8-14(20)19(21)22/h5-7,9-10,12,14,17H,3-4,8,11H2,1-2H3,(H,21,22). The number of furan rings is 1. The fraction of sp³-hybridized carbons (Fsp3) is 0.421. The van der Waals surface area contributed by atoms with E-state index in [1.807, 2.05) is 35.2 Å². The minimum Gasteiger partial charge on any atom is -0.493 e. The van der Waals surface area contributed by atoms with E-state index in [1.54, 1.807) is 20.5 Å². The van der Waals surface area contributed by atoms with Crippen LogP contribution in [0.1, 0.15) is 36.6 Å². The summed E-state index contributed by atoms with van der Waals surface area (Å²) in [5.41, 5.74) is 0.838. The molecule has 1 N–H and O–H groups in total. The third-order valence-electron chi connectivity index (χ3n) is 4.70. The summed E-state index contributed by atoms with van der Waals surface area (Å²) in [6, 6.07) is 8.42. The molecule has 2 unspecified atom stereocenters. The highest BCUT2D eigenvalue weighted by Gasteiger charge is 2.38. The zero-order valence-corrected chi connectivity index (χ0v) is 14.5. The van der Waals surface area contributed by atoms with Crippen molar-refractivity contribution in [3.63, 3.8) is 0 Å². The number of ether oxygens (including phenoxy) is 2. The monoisotopic (exact) mass is 345 g/mol. The number of rotatable bonds is 6. The van der Waals surface area contributed by atoms with Crippen LogP contribution in [0, 0.1) is 0 Å². The van der Waals surface area contributed by atoms with Gasteiger partial charge in [-0.2, -0.15) is 0 Å². The molecule has 2 heterocycles.